The topological polar surface area (TPSA) is 62.7 Å². The molecule has 0 fully saturated rings. The Morgan fingerprint density at radius 2 is 1.45 bits per heavy atom. The molecule has 0 unspecified atom stereocenters. The van der Waals surface area contributed by atoms with Crippen LogP contribution in [-0.2, 0) is 20.2 Å². The zero-order chi connectivity index (χ0) is 20.5. The lowest BCUT2D eigenvalue weighted by Gasteiger charge is -2.07. The molecule has 2 N–H and O–H groups in total. The lowest BCUT2D eigenvalue weighted by molar-refractivity contribution is 0.282. The predicted octanol–water partition coefficient (Wildman–Crippen LogP) is 4.77. The molecule has 7 heteroatoms. The van der Waals surface area contributed by atoms with E-state index in [1.807, 2.05) is 48.0 Å². The SMILES string of the molecule is Cn1c(=Nc2ccc(O)cc2)n(Cc2ccc(CO)cc2)c2cc(Cl)c(Cl)cc21. The van der Waals surface area contributed by atoms with Crippen LogP contribution in [0.25, 0.3) is 11.0 Å². The van der Waals surface area contributed by atoms with E-state index in [0.29, 0.717) is 16.6 Å². The lowest BCUT2D eigenvalue weighted by Crippen LogP contribution is -2.24. The zero-order valence-electron chi connectivity index (χ0n) is 15.7. The Kier molecular flexibility index (Phi) is 5.37. The van der Waals surface area contributed by atoms with Crippen LogP contribution in [0.1, 0.15) is 11.1 Å². The summed E-state index contributed by atoms with van der Waals surface area (Å²) in [6.45, 7) is 0.579. The first kappa shape index (κ1) is 19.6. The lowest BCUT2D eigenvalue weighted by atomic mass is 10.1. The summed E-state index contributed by atoms with van der Waals surface area (Å²) in [5.74, 6) is 0.191. The van der Waals surface area contributed by atoms with E-state index in [4.69, 9.17) is 28.2 Å². The van der Waals surface area contributed by atoms with Gasteiger partial charge >= 0.3 is 0 Å². The first-order valence-electron chi connectivity index (χ1n) is 9.03. The molecule has 0 saturated carbocycles. The summed E-state index contributed by atoms with van der Waals surface area (Å²) in [5.41, 5.74) is 5.17. The first-order chi connectivity index (χ1) is 14.0. The van der Waals surface area contributed by atoms with Crippen LogP contribution in [-0.4, -0.2) is 19.3 Å². The number of hydrogen-bond donors (Lipinski definition) is 2. The smallest absolute Gasteiger partial charge is 0.211 e. The van der Waals surface area contributed by atoms with Crippen molar-refractivity contribution in [2.75, 3.05) is 0 Å². The summed E-state index contributed by atoms with van der Waals surface area (Å²) in [6, 6.07) is 18.2. The monoisotopic (exact) mass is 427 g/mol. The number of aryl methyl sites for hydroxylation is 1. The number of imidazole rings is 1. The van der Waals surface area contributed by atoms with E-state index in [2.05, 4.69) is 4.57 Å². The average molecular weight is 428 g/mol. The van der Waals surface area contributed by atoms with Gasteiger partial charge in [-0.15, -0.1) is 0 Å². The van der Waals surface area contributed by atoms with Crippen LogP contribution in [0.2, 0.25) is 10.0 Å². The highest BCUT2D eigenvalue weighted by molar-refractivity contribution is 6.42. The minimum atomic E-state index is 0.0111. The number of phenolic OH excluding ortho intramolecular Hbond substituents is 1. The second kappa shape index (κ2) is 7.95. The molecule has 0 aliphatic carbocycles. The van der Waals surface area contributed by atoms with Crippen LogP contribution in [0.3, 0.4) is 0 Å². The normalized spacial score (nSPS) is 12.1. The molecule has 29 heavy (non-hydrogen) atoms. The summed E-state index contributed by atoms with van der Waals surface area (Å²) in [6.07, 6.45) is 0. The van der Waals surface area contributed by atoms with E-state index in [1.54, 1.807) is 24.3 Å². The average Bonchev–Trinajstić information content (AvgIpc) is 2.96. The highest BCUT2D eigenvalue weighted by Gasteiger charge is 2.13. The molecule has 1 heterocycles. The molecule has 0 atom stereocenters. The third kappa shape index (κ3) is 3.90. The number of halogens is 2. The Bertz CT molecular complexity index is 1240. The number of rotatable bonds is 4. The van der Waals surface area contributed by atoms with Crippen molar-refractivity contribution in [1.82, 2.24) is 9.13 Å². The van der Waals surface area contributed by atoms with Crippen LogP contribution in [0, 0.1) is 0 Å². The number of aromatic nitrogens is 2. The van der Waals surface area contributed by atoms with Gasteiger partial charge in [0.2, 0.25) is 5.62 Å². The van der Waals surface area contributed by atoms with Crippen molar-refractivity contribution in [2.45, 2.75) is 13.2 Å². The molecule has 0 aliphatic heterocycles. The maximum Gasteiger partial charge on any atom is 0.211 e. The molecule has 5 nitrogen and oxygen atoms in total. The maximum absolute atomic E-state index is 9.55. The number of fused-ring (bicyclic) bond motifs is 1. The Balaban J connectivity index is 1.93. The number of benzene rings is 3. The number of nitrogens with zero attached hydrogens (tertiary/aromatic N) is 3. The van der Waals surface area contributed by atoms with Gasteiger partial charge in [0, 0.05) is 7.05 Å². The molecular weight excluding hydrogens is 409 g/mol. The molecule has 4 rings (SSSR count). The molecule has 0 saturated heterocycles. The second-order valence-corrected chi connectivity index (χ2v) is 7.62. The fourth-order valence-corrected chi connectivity index (χ4v) is 3.59. The van der Waals surface area contributed by atoms with Crippen LogP contribution in [0.15, 0.2) is 65.7 Å². The molecule has 0 bridgehead atoms. The van der Waals surface area contributed by atoms with Gasteiger partial charge < -0.3 is 19.3 Å². The third-order valence-corrected chi connectivity index (χ3v) is 5.56. The number of aromatic hydroxyl groups is 1. The summed E-state index contributed by atoms with van der Waals surface area (Å²) < 4.78 is 4.03. The Hall–Kier alpha value is -2.73. The number of phenols is 1. The molecule has 0 radical (unpaired) electrons. The van der Waals surface area contributed by atoms with E-state index in [9.17, 15) is 10.2 Å². The van der Waals surface area contributed by atoms with Gasteiger partial charge in [-0.05, 0) is 47.5 Å². The van der Waals surface area contributed by atoms with Crippen molar-refractivity contribution in [3.05, 3.63) is 87.5 Å². The third-order valence-electron chi connectivity index (χ3n) is 4.84. The van der Waals surface area contributed by atoms with Crippen molar-refractivity contribution in [1.29, 1.82) is 0 Å². The van der Waals surface area contributed by atoms with Crippen molar-refractivity contribution in [2.24, 2.45) is 12.0 Å². The van der Waals surface area contributed by atoms with Gasteiger partial charge in [-0.25, -0.2) is 4.99 Å². The Morgan fingerprint density at radius 1 is 0.862 bits per heavy atom. The maximum atomic E-state index is 9.55. The van der Waals surface area contributed by atoms with E-state index in [1.165, 1.54) is 0 Å². The second-order valence-electron chi connectivity index (χ2n) is 6.80. The highest BCUT2D eigenvalue weighted by atomic mass is 35.5. The van der Waals surface area contributed by atoms with E-state index >= 15 is 0 Å². The van der Waals surface area contributed by atoms with Crippen molar-refractivity contribution in [3.8, 4) is 5.75 Å². The van der Waals surface area contributed by atoms with Crippen molar-refractivity contribution in [3.63, 3.8) is 0 Å². The standard InChI is InChI=1S/C22H19Cl2N3O2/c1-26-20-10-18(23)19(24)11-21(20)27(12-14-2-4-15(13-28)5-3-14)22(26)25-16-6-8-17(29)9-7-16/h2-11,28-29H,12-13H2,1H3. The van der Waals surface area contributed by atoms with Crippen LogP contribution < -0.4 is 5.62 Å². The molecule has 3 aromatic carbocycles. The van der Waals surface area contributed by atoms with E-state index < -0.39 is 0 Å². The first-order valence-corrected chi connectivity index (χ1v) is 9.78. The fourth-order valence-electron chi connectivity index (χ4n) is 3.27. The Morgan fingerprint density at radius 3 is 2.07 bits per heavy atom. The number of hydrogen-bond acceptors (Lipinski definition) is 3. The summed E-state index contributed by atoms with van der Waals surface area (Å²) in [5, 5.41) is 19.8. The molecule has 148 valence electrons. The summed E-state index contributed by atoms with van der Waals surface area (Å²) in [7, 11) is 1.93. The minimum absolute atomic E-state index is 0.0111. The van der Waals surface area contributed by atoms with Gasteiger partial charge in [-0.2, -0.15) is 0 Å². The van der Waals surface area contributed by atoms with Gasteiger partial charge in [0.05, 0.1) is 39.9 Å². The van der Waals surface area contributed by atoms with Crippen LogP contribution in [0.4, 0.5) is 5.69 Å². The van der Waals surface area contributed by atoms with Crippen LogP contribution >= 0.6 is 23.2 Å². The number of aliphatic hydroxyl groups excluding tert-OH is 1. The summed E-state index contributed by atoms with van der Waals surface area (Å²) >= 11 is 12.6. The van der Waals surface area contributed by atoms with Gasteiger partial charge in [0.15, 0.2) is 0 Å². The van der Waals surface area contributed by atoms with Crippen LogP contribution in [0.5, 0.6) is 5.75 Å². The van der Waals surface area contributed by atoms with Crippen molar-refractivity contribution >= 4 is 39.9 Å². The predicted molar refractivity (Wildman–Crippen MR) is 116 cm³/mol. The molecule has 0 aliphatic rings. The number of aliphatic hydroxyl groups is 1. The zero-order valence-corrected chi connectivity index (χ0v) is 17.2. The molecule has 0 spiro atoms. The highest BCUT2D eigenvalue weighted by Crippen LogP contribution is 2.28. The van der Waals surface area contributed by atoms with E-state index in [0.717, 1.165) is 33.5 Å². The van der Waals surface area contributed by atoms with Gasteiger partial charge in [-0.3, -0.25) is 0 Å². The minimum Gasteiger partial charge on any atom is -0.508 e. The fraction of sp³-hybridized carbons (Fsp3) is 0.136. The Labute approximate surface area is 177 Å². The van der Waals surface area contributed by atoms with Gasteiger partial charge in [-0.1, -0.05) is 47.5 Å². The molecular formula is C22H19Cl2N3O2. The molecule has 4 aromatic rings. The van der Waals surface area contributed by atoms with Crippen molar-refractivity contribution < 1.29 is 10.2 Å². The molecule has 1 aromatic heterocycles. The van der Waals surface area contributed by atoms with E-state index in [-0.39, 0.29) is 12.4 Å². The quantitative estimate of drug-likeness (QED) is 0.492. The van der Waals surface area contributed by atoms with Gasteiger partial charge in [0.1, 0.15) is 5.75 Å². The summed E-state index contributed by atoms with van der Waals surface area (Å²) in [4.78, 5) is 4.80. The van der Waals surface area contributed by atoms with Gasteiger partial charge in [0.25, 0.3) is 0 Å². The largest absolute Gasteiger partial charge is 0.508 e. The molecule has 0 amide bonds.